The molecular formula is C85H92Cl3N5O8. The van der Waals surface area contributed by atoms with Gasteiger partial charge >= 0.3 is 5.97 Å². The van der Waals surface area contributed by atoms with E-state index >= 15 is 0 Å². The van der Waals surface area contributed by atoms with E-state index in [-0.39, 0.29) is 48.0 Å². The minimum Gasteiger partial charge on any atom is -0.481 e. The minimum absolute atomic E-state index is 0.00733. The van der Waals surface area contributed by atoms with Gasteiger partial charge in [0.15, 0.2) is 0 Å². The Morgan fingerprint density at radius 2 is 0.733 bits per heavy atom. The fourth-order valence-corrected chi connectivity index (χ4v) is 12.3. The Morgan fingerprint density at radius 3 is 1.06 bits per heavy atom. The maximum atomic E-state index is 13.5. The fraction of sp³-hybridized carbons (Fsp3) is 0.282. The van der Waals surface area contributed by atoms with E-state index < -0.39 is 5.97 Å². The number of nitrogens with one attached hydrogen (secondary N) is 1. The van der Waals surface area contributed by atoms with E-state index in [0.29, 0.717) is 107 Å². The van der Waals surface area contributed by atoms with E-state index in [1.807, 2.05) is 95.3 Å². The highest BCUT2D eigenvalue weighted by atomic mass is 35.5. The quantitative estimate of drug-likeness (QED) is 0.0290. The van der Waals surface area contributed by atoms with Crippen molar-refractivity contribution in [2.45, 2.75) is 145 Å². The average molecular weight is 1420 g/mol. The Kier molecular flexibility index (Phi) is 31.3. The number of amides is 1. The van der Waals surface area contributed by atoms with Crippen molar-refractivity contribution >= 4 is 109 Å². The average Bonchev–Trinajstić information content (AvgIpc) is 1.63. The molecule has 101 heavy (non-hydrogen) atoms. The Balaban J connectivity index is 0.000000234. The lowest BCUT2D eigenvalue weighted by Gasteiger charge is -2.08. The third-order valence-electron chi connectivity index (χ3n) is 17.2. The normalized spacial score (nSPS) is 11.7. The molecular weight excluding hydrogens is 1330 g/mol. The fourth-order valence-electron chi connectivity index (χ4n) is 11.9. The van der Waals surface area contributed by atoms with Crippen LogP contribution < -0.4 is 11.1 Å². The Morgan fingerprint density at radius 1 is 0.416 bits per heavy atom. The second-order valence-corrected chi connectivity index (χ2v) is 26.3. The van der Waals surface area contributed by atoms with E-state index in [9.17, 15) is 38.7 Å². The number of benzene rings is 6. The summed E-state index contributed by atoms with van der Waals surface area (Å²) in [7, 11) is 0. The summed E-state index contributed by atoms with van der Waals surface area (Å²) in [6.07, 6.45) is 35.4. The molecule has 0 radical (unpaired) electrons. The number of nitrogens with two attached hydrogens (primary N) is 1. The number of rotatable bonds is 30. The van der Waals surface area contributed by atoms with Gasteiger partial charge in [0.1, 0.15) is 11.6 Å². The van der Waals surface area contributed by atoms with Crippen molar-refractivity contribution in [1.29, 1.82) is 0 Å². The van der Waals surface area contributed by atoms with Crippen LogP contribution in [0.1, 0.15) is 166 Å². The van der Waals surface area contributed by atoms with Gasteiger partial charge in [-0.05, 0) is 232 Å². The summed E-state index contributed by atoms with van der Waals surface area (Å²) in [5.41, 5.74) is 17.3. The van der Waals surface area contributed by atoms with Gasteiger partial charge < -0.3 is 16.2 Å². The predicted octanol–water partition coefficient (Wildman–Crippen LogP) is 19.8. The third-order valence-corrected chi connectivity index (χ3v) is 17.9. The largest absolute Gasteiger partial charge is 0.481 e. The molecule has 9 aromatic rings. The number of allylic oxidation sites excluding steroid dienone is 12. The van der Waals surface area contributed by atoms with Crippen LogP contribution in [0.2, 0.25) is 15.1 Å². The minimum atomic E-state index is -0.919. The molecule has 6 aromatic carbocycles. The monoisotopic (exact) mass is 1420 g/mol. The van der Waals surface area contributed by atoms with Crippen LogP contribution in [0, 0.1) is 41.5 Å². The lowest BCUT2D eigenvalue weighted by Crippen LogP contribution is -2.24. The zero-order valence-corrected chi connectivity index (χ0v) is 61.2. The van der Waals surface area contributed by atoms with Crippen LogP contribution in [0.25, 0.3) is 32.7 Å². The molecule has 526 valence electrons. The summed E-state index contributed by atoms with van der Waals surface area (Å²) in [6.45, 7) is 14.6. The van der Waals surface area contributed by atoms with Gasteiger partial charge in [0.05, 0.1) is 23.0 Å². The smallest absolute Gasteiger partial charge is 0.307 e. The summed E-state index contributed by atoms with van der Waals surface area (Å²) < 4.78 is 4.97. The van der Waals surface area contributed by atoms with Gasteiger partial charge in [-0.25, -0.2) is 0 Å². The van der Waals surface area contributed by atoms with E-state index in [0.717, 1.165) is 105 Å². The van der Waals surface area contributed by atoms with Crippen molar-refractivity contribution in [2.24, 2.45) is 5.73 Å². The Hall–Kier alpha value is -9.50. The Labute approximate surface area is 608 Å². The number of nitrogens with zero attached hydrogens (tertiary/aromatic N) is 3. The zero-order chi connectivity index (χ0) is 73.0. The third kappa shape index (κ3) is 23.0. The molecule has 4 N–H and O–H groups in total. The number of halogens is 3. The van der Waals surface area contributed by atoms with Crippen molar-refractivity contribution in [1.82, 2.24) is 19.0 Å². The first-order valence-corrected chi connectivity index (χ1v) is 35.6. The molecule has 1 amide bonds. The van der Waals surface area contributed by atoms with Crippen LogP contribution >= 0.6 is 34.8 Å². The van der Waals surface area contributed by atoms with E-state index in [1.54, 1.807) is 93.4 Å². The van der Waals surface area contributed by atoms with Gasteiger partial charge in [0.25, 0.3) is 17.7 Å². The van der Waals surface area contributed by atoms with Crippen molar-refractivity contribution in [2.75, 3.05) is 13.1 Å². The second kappa shape index (κ2) is 40.1. The number of carbonyl (C=O) groups excluding carboxylic acids is 6. The van der Waals surface area contributed by atoms with Crippen LogP contribution in [-0.2, 0) is 38.4 Å². The number of ketones is 2. The van der Waals surface area contributed by atoms with Gasteiger partial charge in [-0.3, -0.25) is 47.3 Å². The van der Waals surface area contributed by atoms with Crippen molar-refractivity contribution in [3.8, 4) is 0 Å². The molecule has 0 aliphatic heterocycles. The molecule has 9 rings (SSSR count). The van der Waals surface area contributed by atoms with E-state index in [4.69, 9.17) is 40.5 Å². The summed E-state index contributed by atoms with van der Waals surface area (Å²) in [5.74, 6) is -1.18. The molecule has 0 unspecified atom stereocenters. The van der Waals surface area contributed by atoms with Gasteiger partial charge in [-0.2, -0.15) is 0 Å². The number of Topliss-reactive ketones (excluding diaryl/α,β-unsaturated/α-hetero) is 2. The highest BCUT2D eigenvalue weighted by Crippen LogP contribution is 2.33. The van der Waals surface area contributed by atoms with Crippen LogP contribution in [0.5, 0.6) is 0 Å². The maximum Gasteiger partial charge on any atom is 0.307 e. The maximum absolute atomic E-state index is 13.5. The number of carbonyl (C=O) groups is 7. The molecule has 0 saturated heterocycles. The first-order valence-electron chi connectivity index (χ1n) is 34.5. The van der Waals surface area contributed by atoms with E-state index in [2.05, 4.69) is 79.1 Å². The van der Waals surface area contributed by atoms with Crippen LogP contribution in [-0.4, -0.2) is 73.1 Å². The number of hydrogen-bond acceptors (Lipinski definition) is 8. The number of aliphatic carboxylic acids is 1. The summed E-state index contributed by atoms with van der Waals surface area (Å²) in [5, 5.41) is 16.5. The standard InChI is InChI=1S/C44H53ClN2O3.C22H23ClN2O2.C19H16ClNO3/c1-4-5-6-7-8-9-10-11-12-13-14-15-16-17-18-19-20-21-22-25-43(49)46-32-23-24-39(48)34-40-36(3)47(42-31-26-35(2)33-41(40)42)44(50)37-27-29-38(45)30-28-37;1-14-5-10-21-20(12-14)19(13-18(26)4-3-11-24)15(2)25(21)22(27)16-6-8-17(23)9-7-16;1-11-3-8-17-16(9-11)15(10-18(22)23)12(2)21(17)19(24)13-4-6-14(20)7-5-13/h5-6,8-9,11-12,14-15,17-18,20-21,26-31,33H,4,7,10,13,16,19,22-25,32,34H2,1-3H3,(H,46,49);5-10,12H,3-4,11,13,24H2,1-2H3;3-9H,10H2,1-2H3,(H,22,23)/b6-5-,9-8-,12-11-,15-14-,18-17-,21-20-;;. The highest BCUT2D eigenvalue weighted by molar-refractivity contribution is 6.31. The molecule has 0 bridgehead atoms. The molecule has 0 aliphatic rings. The number of aryl methyl sites for hydroxylation is 3. The van der Waals surface area contributed by atoms with Crippen LogP contribution in [0.15, 0.2) is 200 Å². The molecule has 3 heterocycles. The lowest BCUT2D eigenvalue weighted by molar-refractivity contribution is -0.136. The molecule has 16 heteroatoms. The SMILES string of the molecule is CC/C=C\C/C=C\C/C=C\C/C=C\C/C=C\C/C=C\CCC(=O)NCCCC(=O)Cc1c(C)n(C(=O)c2ccc(Cl)cc2)c2ccc(C)cc12.Cc1ccc2c(c1)c(CC(=O)CCCN)c(C)n2C(=O)c1ccc(Cl)cc1.Cc1ccc2c(c1)c(CC(=O)O)c(C)n2C(=O)c1ccc(Cl)cc1. The summed E-state index contributed by atoms with van der Waals surface area (Å²) in [4.78, 5) is 88.5. The molecule has 0 spiro atoms. The summed E-state index contributed by atoms with van der Waals surface area (Å²) in [6, 6.07) is 38.0. The number of hydrogen-bond donors (Lipinski definition) is 3. The van der Waals surface area contributed by atoms with Crippen molar-refractivity contribution in [3.63, 3.8) is 0 Å². The zero-order valence-electron chi connectivity index (χ0n) is 58.9. The van der Waals surface area contributed by atoms with Gasteiger partial charge in [-0.1, -0.05) is 150 Å². The molecule has 13 nitrogen and oxygen atoms in total. The van der Waals surface area contributed by atoms with Crippen LogP contribution in [0.3, 0.4) is 0 Å². The summed E-state index contributed by atoms with van der Waals surface area (Å²) >= 11 is 17.9. The van der Waals surface area contributed by atoms with Crippen LogP contribution in [0.4, 0.5) is 0 Å². The number of carboxylic acids is 1. The second-order valence-electron chi connectivity index (χ2n) is 25.0. The molecule has 0 saturated carbocycles. The van der Waals surface area contributed by atoms with Crippen molar-refractivity contribution in [3.05, 3.63) is 283 Å². The first kappa shape index (κ1) is 78.8. The first-order chi connectivity index (χ1) is 48.6. The lowest BCUT2D eigenvalue weighted by atomic mass is 10.0. The molecule has 0 fully saturated rings. The van der Waals surface area contributed by atoms with Crippen molar-refractivity contribution < 1.29 is 38.7 Å². The molecule has 3 aromatic heterocycles. The number of aromatic nitrogens is 3. The molecule has 0 atom stereocenters. The van der Waals surface area contributed by atoms with Gasteiger partial charge in [0, 0.05) is 104 Å². The van der Waals surface area contributed by atoms with E-state index in [1.165, 1.54) is 0 Å². The van der Waals surface area contributed by atoms with Gasteiger partial charge in [-0.15, -0.1) is 0 Å². The molecule has 0 aliphatic carbocycles. The van der Waals surface area contributed by atoms with Gasteiger partial charge in [0.2, 0.25) is 5.91 Å². The highest BCUT2D eigenvalue weighted by Gasteiger charge is 2.25. The Bertz CT molecular complexity index is 4580. The predicted molar refractivity (Wildman–Crippen MR) is 415 cm³/mol. The topological polar surface area (TPSA) is 193 Å². The number of carboxylic acid groups (broad SMARTS) is 1. The number of fused-ring (bicyclic) bond motifs is 3.